The Morgan fingerprint density at radius 3 is 2.30 bits per heavy atom. The molecule has 2 rings (SSSR count). The van der Waals surface area contributed by atoms with Gasteiger partial charge in [0.05, 0.1) is 17.2 Å². The predicted molar refractivity (Wildman–Crippen MR) is 123 cm³/mol. The quantitative estimate of drug-likeness (QED) is 0.359. The fraction of sp³-hybridized carbons (Fsp3) is 0.350. The van der Waals surface area contributed by atoms with E-state index in [0.717, 1.165) is 6.54 Å². The number of halogens is 1. The second-order valence-electron chi connectivity index (χ2n) is 6.21. The second-order valence-corrected chi connectivity index (χ2v) is 8.32. The normalized spacial score (nSPS) is 11.6. The highest BCUT2D eigenvalue weighted by atomic mass is 127. The van der Waals surface area contributed by atoms with Gasteiger partial charge >= 0.3 is 0 Å². The lowest BCUT2D eigenvalue weighted by molar-refractivity contribution is 0.477. The lowest BCUT2D eigenvalue weighted by Gasteiger charge is -2.22. The van der Waals surface area contributed by atoms with Gasteiger partial charge in [0.15, 0.2) is 15.8 Å². The molecule has 0 unspecified atom stereocenters. The minimum absolute atomic E-state index is 0. The third-order valence-corrected chi connectivity index (χ3v) is 5.67. The van der Waals surface area contributed by atoms with E-state index in [0.29, 0.717) is 17.4 Å². The number of aliphatic imine (C=N–C) groups is 1. The maximum absolute atomic E-state index is 12.4. The summed E-state index contributed by atoms with van der Waals surface area (Å²) in [6, 6.07) is 16.9. The van der Waals surface area contributed by atoms with Crippen LogP contribution < -0.4 is 5.32 Å². The summed E-state index contributed by atoms with van der Waals surface area (Å²) >= 11 is 0. The molecule has 0 aliphatic rings. The van der Waals surface area contributed by atoms with Crippen LogP contribution in [-0.4, -0.2) is 45.2 Å². The molecule has 148 valence electrons. The summed E-state index contributed by atoms with van der Waals surface area (Å²) in [7, 11) is -1.36. The van der Waals surface area contributed by atoms with E-state index in [-0.39, 0.29) is 36.3 Å². The van der Waals surface area contributed by atoms with Gasteiger partial charge in [0.2, 0.25) is 0 Å². The van der Waals surface area contributed by atoms with Gasteiger partial charge in [-0.05, 0) is 31.5 Å². The van der Waals surface area contributed by atoms with Crippen LogP contribution in [0.2, 0.25) is 0 Å². The number of aryl methyl sites for hydroxylation is 1. The van der Waals surface area contributed by atoms with E-state index in [9.17, 15) is 8.42 Å². The van der Waals surface area contributed by atoms with E-state index >= 15 is 0 Å². The molecule has 0 saturated heterocycles. The number of nitrogens with zero attached hydrogens (tertiary/aromatic N) is 2. The molecule has 0 spiro atoms. The average molecular weight is 501 g/mol. The van der Waals surface area contributed by atoms with E-state index in [1.807, 2.05) is 18.9 Å². The molecule has 0 bridgehead atoms. The minimum atomic E-state index is -3.31. The van der Waals surface area contributed by atoms with Gasteiger partial charge < -0.3 is 10.2 Å². The Morgan fingerprint density at radius 1 is 1.07 bits per heavy atom. The van der Waals surface area contributed by atoms with E-state index < -0.39 is 9.84 Å². The van der Waals surface area contributed by atoms with Crippen molar-refractivity contribution in [3.63, 3.8) is 0 Å². The van der Waals surface area contributed by atoms with Gasteiger partial charge in [-0.3, -0.25) is 4.99 Å². The number of rotatable bonds is 7. The summed E-state index contributed by atoms with van der Waals surface area (Å²) in [6.07, 6.45) is 0. The molecule has 0 fully saturated rings. The first kappa shape index (κ1) is 23.4. The predicted octanol–water partition coefficient (Wildman–Crippen LogP) is 3.48. The van der Waals surface area contributed by atoms with Crippen LogP contribution in [0.3, 0.4) is 0 Å². The van der Waals surface area contributed by atoms with Crippen molar-refractivity contribution in [1.29, 1.82) is 0 Å². The van der Waals surface area contributed by atoms with Gasteiger partial charge in [-0.1, -0.05) is 48.0 Å². The van der Waals surface area contributed by atoms with Crippen molar-refractivity contribution in [2.24, 2.45) is 4.99 Å². The number of hydrogen-bond acceptors (Lipinski definition) is 3. The van der Waals surface area contributed by atoms with Crippen LogP contribution in [0.4, 0.5) is 0 Å². The maximum atomic E-state index is 12.4. The smallest absolute Gasteiger partial charge is 0.193 e. The number of nitrogens with one attached hydrogen (secondary N) is 1. The van der Waals surface area contributed by atoms with Crippen LogP contribution in [0, 0.1) is 6.92 Å². The molecule has 5 nitrogen and oxygen atoms in total. The minimum Gasteiger partial charge on any atom is -0.357 e. The van der Waals surface area contributed by atoms with Gasteiger partial charge in [0.1, 0.15) is 0 Å². The maximum Gasteiger partial charge on any atom is 0.193 e. The molecule has 0 aliphatic carbocycles. The highest BCUT2D eigenvalue weighted by Crippen LogP contribution is 2.10. The van der Waals surface area contributed by atoms with Gasteiger partial charge in [0, 0.05) is 20.1 Å². The van der Waals surface area contributed by atoms with Crippen LogP contribution in [0.15, 0.2) is 64.5 Å². The number of sulfone groups is 1. The summed E-state index contributed by atoms with van der Waals surface area (Å²) in [5, 5.41) is 3.22. The molecule has 2 aromatic carbocycles. The van der Waals surface area contributed by atoms with Crippen LogP contribution in [-0.2, 0) is 16.4 Å². The highest BCUT2D eigenvalue weighted by Gasteiger charge is 2.14. The Bertz CT molecular complexity index is 822. The zero-order chi connectivity index (χ0) is 19.0. The molecule has 0 aromatic heterocycles. The molecule has 7 heteroatoms. The van der Waals surface area contributed by atoms with Gasteiger partial charge in [-0.15, -0.1) is 24.0 Å². The molecular weight excluding hydrogens is 473 g/mol. The second kappa shape index (κ2) is 11.3. The summed E-state index contributed by atoms with van der Waals surface area (Å²) in [6.45, 7) is 5.71. The molecule has 0 radical (unpaired) electrons. The lowest BCUT2D eigenvalue weighted by atomic mass is 10.1. The summed E-state index contributed by atoms with van der Waals surface area (Å²) in [4.78, 5) is 6.83. The zero-order valence-corrected chi connectivity index (χ0v) is 19.2. The zero-order valence-electron chi connectivity index (χ0n) is 16.1. The van der Waals surface area contributed by atoms with Crippen LogP contribution in [0.5, 0.6) is 0 Å². The van der Waals surface area contributed by atoms with Crippen molar-refractivity contribution in [2.45, 2.75) is 25.3 Å². The largest absolute Gasteiger partial charge is 0.357 e. The van der Waals surface area contributed by atoms with Crippen molar-refractivity contribution in [1.82, 2.24) is 10.2 Å². The molecular formula is C20H28IN3O2S. The Balaban J connectivity index is 0.00000364. The highest BCUT2D eigenvalue weighted by molar-refractivity contribution is 14.0. The first-order valence-electron chi connectivity index (χ1n) is 8.75. The summed E-state index contributed by atoms with van der Waals surface area (Å²) in [5.41, 5.74) is 2.41. The summed E-state index contributed by atoms with van der Waals surface area (Å²) < 4.78 is 24.7. The Labute approximate surface area is 179 Å². The average Bonchev–Trinajstić information content (AvgIpc) is 2.63. The molecule has 0 aliphatic heterocycles. The fourth-order valence-corrected chi connectivity index (χ4v) is 3.67. The van der Waals surface area contributed by atoms with E-state index in [1.54, 1.807) is 30.3 Å². The van der Waals surface area contributed by atoms with Gasteiger partial charge in [-0.25, -0.2) is 8.42 Å². The number of benzene rings is 2. The van der Waals surface area contributed by atoms with Crippen molar-refractivity contribution in [3.8, 4) is 0 Å². The topological polar surface area (TPSA) is 61.8 Å². The van der Waals surface area contributed by atoms with Crippen molar-refractivity contribution in [2.75, 3.05) is 25.9 Å². The van der Waals surface area contributed by atoms with Gasteiger partial charge in [-0.2, -0.15) is 0 Å². The van der Waals surface area contributed by atoms with Crippen molar-refractivity contribution in [3.05, 3.63) is 65.7 Å². The standard InChI is InChI=1S/C20H27N3O2S.HI/c1-4-21-20(23(3)16-18-12-10-17(2)11-13-18)22-14-15-26(24,25)19-8-6-5-7-9-19;/h5-13H,4,14-16H2,1-3H3,(H,21,22);1H. The number of hydrogen-bond donors (Lipinski definition) is 1. The first-order valence-corrected chi connectivity index (χ1v) is 10.4. The fourth-order valence-electron chi connectivity index (χ4n) is 2.53. The van der Waals surface area contributed by atoms with Crippen LogP contribution >= 0.6 is 24.0 Å². The van der Waals surface area contributed by atoms with Gasteiger partial charge in [0.25, 0.3) is 0 Å². The molecule has 0 heterocycles. The Hall–Kier alpha value is -1.61. The van der Waals surface area contributed by atoms with E-state index in [1.165, 1.54) is 11.1 Å². The monoisotopic (exact) mass is 501 g/mol. The third-order valence-electron chi connectivity index (χ3n) is 3.96. The molecule has 1 N–H and O–H groups in total. The molecule has 27 heavy (non-hydrogen) atoms. The van der Waals surface area contributed by atoms with Crippen molar-refractivity contribution < 1.29 is 8.42 Å². The Kier molecular flexibility index (Phi) is 9.79. The van der Waals surface area contributed by atoms with E-state index in [2.05, 4.69) is 41.5 Å². The molecule has 0 atom stereocenters. The Morgan fingerprint density at radius 2 is 1.70 bits per heavy atom. The SMILES string of the molecule is CCNC(=NCCS(=O)(=O)c1ccccc1)N(C)Cc1ccc(C)cc1.I. The molecule has 0 amide bonds. The first-order chi connectivity index (χ1) is 12.4. The number of guanidine groups is 1. The third kappa shape index (κ3) is 7.50. The molecule has 0 saturated carbocycles. The van der Waals surface area contributed by atoms with Crippen LogP contribution in [0.25, 0.3) is 0 Å². The van der Waals surface area contributed by atoms with Crippen LogP contribution in [0.1, 0.15) is 18.1 Å². The van der Waals surface area contributed by atoms with E-state index in [4.69, 9.17) is 0 Å². The molecule has 2 aromatic rings. The summed E-state index contributed by atoms with van der Waals surface area (Å²) in [5.74, 6) is 0.695. The lowest BCUT2D eigenvalue weighted by Crippen LogP contribution is -2.38. The van der Waals surface area contributed by atoms with Crippen molar-refractivity contribution >= 4 is 39.8 Å².